The molecular weight excluding hydrogens is 765 g/mol. The number of hydrogen-bond donors (Lipinski definition) is 0. The Morgan fingerprint density at radius 1 is 0.371 bits per heavy atom. The molecule has 0 radical (unpaired) electrons. The third kappa shape index (κ3) is 50.2. The van der Waals surface area contributed by atoms with Crippen LogP contribution < -0.4 is 0 Å². The van der Waals surface area contributed by atoms with Crippen molar-refractivity contribution in [2.45, 2.75) is 271 Å². The van der Waals surface area contributed by atoms with E-state index in [9.17, 15) is 9.59 Å². The van der Waals surface area contributed by atoms with Crippen LogP contribution in [0.15, 0.2) is 60.8 Å². The Morgan fingerprint density at radius 3 is 1.19 bits per heavy atom. The van der Waals surface area contributed by atoms with Gasteiger partial charge in [0.15, 0.2) is 6.10 Å². The fraction of sp³-hybridized carbons (Fsp3) is 0.789. The quantitative estimate of drug-likeness (QED) is 0.0346. The first-order chi connectivity index (χ1) is 30.6. The summed E-state index contributed by atoms with van der Waals surface area (Å²) in [4.78, 5) is 25.4. The lowest BCUT2D eigenvalue weighted by atomic mass is 10.1. The highest BCUT2D eigenvalue weighted by Crippen LogP contribution is 2.14. The zero-order chi connectivity index (χ0) is 44.9. The Morgan fingerprint density at radius 2 is 0.726 bits per heavy atom. The van der Waals surface area contributed by atoms with Gasteiger partial charge in [-0.2, -0.15) is 0 Å². The molecule has 62 heavy (non-hydrogen) atoms. The van der Waals surface area contributed by atoms with Gasteiger partial charge < -0.3 is 14.2 Å². The molecule has 1 atom stereocenters. The molecule has 0 fully saturated rings. The van der Waals surface area contributed by atoms with Gasteiger partial charge in [0.25, 0.3) is 0 Å². The van der Waals surface area contributed by atoms with Crippen molar-refractivity contribution in [3.63, 3.8) is 0 Å². The molecule has 0 aliphatic rings. The lowest BCUT2D eigenvalue weighted by molar-refractivity contribution is -0.163. The van der Waals surface area contributed by atoms with Crippen molar-refractivity contribution in [3.05, 3.63) is 60.8 Å². The van der Waals surface area contributed by atoms with Gasteiger partial charge in [0, 0.05) is 19.4 Å². The van der Waals surface area contributed by atoms with Crippen LogP contribution in [0.4, 0.5) is 0 Å². The maximum atomic E-state index is 12.8. The molecule has 0 heterocycles. The molecule has 0 aromatic heterocycles. The monoisotopic (exact) mass is 867 g/mol. The second-order valence-corrected chi connectivity index (χ2v) is 17.7. The molecule has 0 aliphatic heterocycles. The molecule has 0 bridgehead atoms. The van der Waals surface area contributed by atoms with E-state index in [4.69, 9.17) is 14.2 Å². The maximum Gasteiger partial charge on any atom is 0.306 e. The van der Waals surface area contributed by atoms with E-state index in [0.717, 1.165) is 77.0 Å². The summed E-state index contributed by atoms with van der Waals surface area (Å²) < 4.78 is 17.4. The van der Waals surface area contributed by atoms with Gasteiger partial charge in [-0.1, -0.05) is 210 Å². The van der Waals surface area contributed by atoms with Crippen molar-refractivity contribution in [1.82, 2.24) is 0 Å². The highest BCUT2D eigenvalue weighted by atomic mass is 16.6. The van der Waals surface area contributed by atoms with Crippen molar-refractivity contribution < 1.29 is 23.8 Å². The smallest absolute Gasteiger partial charge is 0.306 e. The van der Waals surface area contributed by atoms with Crippen LogP contribution in [0.1, 0.15) is 265 Å². The molecule has 0 amide bonds. The largest absolute Gasteiger partial charge is 0.462 e. The second kappa shape index (κ2) is 52.9. The molecule has 0 N–H and O–H groups in total. The minimum absolute atomic E-state index is 0.0745. The van der Waals surface area contributed by atoms with E-state index in [-0.39, 0.29) is 25.2 Å². The summed E-state index contributed by atoms with van der Waals surface area (Å²) in [5.74, 6) is -0.413. The lowest BCUT2D eigenvalue weighted by Gasteiger charge is -2.18. The number of esters is 2. The molecule has 0 aromatic rings. The van der Waals surface area contributed by atoms with Gasteiger partial charge in [-0.15, -0.1) is 0 Å². The normalized spacial score (nSPS) is 12.6. The van der Waals surface area contributed by atoms with Gasteiger partial charge in [0.1, 0.15) is 6.61 Å². The fourth-order valence-corrected chi connectivity index (χ4v) is 7.51. The first-order valence-electron chi connectivity index (χ1n) is 26.8. The van der Waals surface area contributed by atoms with E-state index in [1.54, 1.807) is 0 Å². The van der Waals surface area contributed by atoms with Gasteiger partial charge in [-0.05, 0) is 103 Å². The molecule has 360 valence electrons. The fourth-order valence-electron chi connectivity index (χ4n) is 7.51. The maximum absolute atomic E-state index is 12.8. The summed E-state index contributed by atoms with van der Waals surface area (Å²) in [6.07, 6.45) is 66.6. The summed E-state index contributed by atoms with van der Waals surface area (Å²) in [6.45, 7) is 7.68. The first-order valence-corrected chi connectivity index (χ1v) is 26.8. The van der Waals surface area contributed by atoms with Gasteiger partial charge in [-0.3, -0.25) is 9.59 Å². The SMILES string of the molecule is CC/C=C\C/C=C\C/C=C\CCCCCCCCOCC(COC(=O)CCCCCCCCC/C=C\CCCCCCCC)OC(=O)CCCCCCC/C=C\CCCCCC. The summed E-state index contributed by atoms with van der Waals surface area (Å²) in [6, 6.07) is 0. The summed E-state index contributed by atoms with van der Waals surface area (Å²) in [5, 5.41) is 0. The number of rotatable bonds is 49. The number of carbonyl (C=O) groups excluding carboxylic acids is 2. The lowest BCUT2D eigenvalue weighted by Crippen LogP contribution is -2.30. The number of hydrogen-bond acceptors (Lipinski definition) is 5. The topological polar surface area (TPSA) is 61.8 Å². The van der Waals surface area contributed by atoms with Gasteiger partial charge >= 0.3 is 11.9 Å². The minimum Gasteiger partial charge on any atom is -0.462 e. The Balaban J connectivity index is 4.28. The molecule has 0 saturated carbocycles. The van der Waals surface area contributed by atoms with Crippen LogP contribution >= 0.6 is 0 Å². The van der Waals surface area contributed by atoms with Gasteiger partial charge in [-0.25, -0.2) is 0 Å². The summed E-state index contributed by atoms with van der Waals surface area (Å²) in [7, 11) is 0. The second-order valence-electron chi connectivity index (χ2n) is 17.7. The molecular formula is C57H102O5. The number of ether oxygens (including phenoxy) is 3. The number of unbranched alkanes of at least 4 members (excludes halogenated alkanes) is 28. The van der Waals surface area contributed by atoms with Crippen molar-refractivity contribution in [3.8, 4) is 0 Å². The Kier molecular flexibility index (Phi) is 50.9. The Labute approximate surface area is 385 Å². The van der Waals surface area contributed by atoms with Crippen molar-refractivity contribution in [2.75, 3.05) is 19.8 Å². The van der Waals surface area contributed by atoms with Crippen molar-refractivity contribution >= 4 is 11.9 Å². The highest BCUT2D eigenvalue weighted by molar-refractivity contribution is 5.70. The average Bonchev–Trinajstić information content (AvgIpc) is 3.27. The van der Waals surface area contributed by atoms with Crippen LogP contribution in [0.25, 0.3) is 0 Å². The number of carbonyl (C=O) groups is 2. The van der Waals surface area contributed by atoms with Crippen molar-refractivity contribution in [1.29, 1.82) is 0 Å². The predicted molar refractivity (Wildman–Crippen MR) is 270 cm³/mol. The Bertz CT molecular complexity index is 1070. The molecule has 5 nitrogen and oxygen atoms in total. The van der Waals surface area contributed by atoms with Crippen LogP contribution in [0, 0.1) is 0 Å². The zero-order valence-electron chi connectivity index (χ0n) is 41.4. The van der Waals surface area contributed by atoms with E-state index < -0.39 is 6.10 Å². The predicted octanol–water partition coefficient (Wildman–Crippen LogP) is 18.1. The highest BCUT2D eigenvalue weighted by Gasteiger charge is 2.17. The summed E-state index contributed by atoms with van der Waals surface area (Å²) >= 11 is 0. The van der Waals surface area contributed by atoms with Gasteiger partial charge in [0.2, 0.25) is 0 Å². The first kappa shape index (κ1) is 59.6. The van der Waals surface area contributed by atoms with Gasteiger partial charge in [0.05, 0.1) is 6.61 Å². The average molecular weight is 867 g/mol. The molecule has 0 aromatic carbocycles. The molecule has 5 heteroatoms. The van der Waals surface area contributed by atoms with E-state index >= 15 is 0 Å². The van der Waals surface area contributed by atoms with Crippen LogP contribution in [0.2, 0.25) is 0 Å². The summed E-state index contributed by atoms with van der Waals surface area (Å²) in [5.41, 5.74) is 0. The molecule has 0 spiro atoms. The van der Waals surface area contributed by atoms with E-state index in [2.05, 4.69) is 81.5 Å². The molecule has 0 aliphatic carbocycles. The zero-order valence-corrected chi connectivity index (χ0v) is 41.4. The number of allylic oxidation sites excluding steroid dienone is 10. The molecule has 1 unspecified atom stereocenters. The third-order valence-electron chi connectivity index (χ3n) is 11.5. The van der Waals surface area contributed by atoms with Crippen molar-refractivity contribution in [2.24, 2.45) is 0 Å². The standard InChI is InChI=1S/C57H102O5/c1-4-7-10-13-16-19-22-25-27-29-30-33-35-38-41-44-47-50-56(58)61-54-55(62-57(59)51-48-45-42-39-36-32-24-21-18-15-12-9-6-3)53-60-52-49-46-43-40-37-34-31-28-26-23-20-17-14-11-8-5-2/h8,11,17,20-21,24-28,55H,4-7,9-10,12-16,18-19,22-23,29-54H2,1-3H3/b11-8-,20-17-,24-21-,27-25-,28-26-. The minimum atomic E-state index is -0.549. The Hall–Kier alpha value is -2.40. The van der Waals surface area contributed by atoms with E-state index in [1.807, 2.05) is 0 Å². The van der Waals surface area contributed by atoms with Crippen LogP contribution in [0.5, 0.6) is 0 Å². The van der Waals surface area contributed by atoms with Crippen LogP contribution in [-0.4, -0.2) is 37.9 Å². The molecule has 0 rings (SSSR count). The molecule has 0 saturated heterocycles. The third-order valence-corrected chi connectivity index (χ3v) is 11.5. The van der Waals surface area contributed by atoms with Crippen LogP contribution in [-0.2, 0) is 23.8 Å². The van der Waals surface area contributed by atoms with E-state index in [1.165, 1.54) is 154 Å². The van der Waals surface area contributed by atoms with E-state index in [0.29, 0.717) is 19.4 Å². The van der Waals surface area contributed by atoms with Crippen LogP contribution in [0.3, 0.4) is 0 Å².